The Morgan fingerprint density at radius 2 is 1.42 bits per heavy atom. The second-order valence-electron chi connectivity index (χ2n) is 5.74. The molecule has 0 atom stereocenters. The third-order valence-corrected chi connectivity index (χ3v) is 5.72. The maximum atomic E-state index is 11.8. The maximum absolute atomic E-state index is 11.8. The molecule has 0 heterocycles. The van der Waals surface area contributed by atoms with Gasteiger partial charge in [0.15, 0.2) is 0 Å². The summed E-state index contributed by atoms with van der Waals surface area (Å²) in [5.74, 6) is -0.853. The van der Waals surface area contributed by atoms with Crippen LogP contribution in [0, 0.1) is 0 Å². The van der Waals surface area contributed by atoms with E-state index in [9.17, 15) is 36.2 Å². The predicted octanol–water partition coefficient (Wildman–Crippen LogP) is 0.815. The van der Waals surface area contributed by atoms with Crippen molar-refractivity contribution in [1.29, 1.82) is 0 Å². The number of phenols is 2. The summed E-state index contributed by atoms with van der Waals surface area (Å²) < 4.78 is 65.3. The Morgan fingerprint density at radius 3 is 2.00 bits per heavy atom. The molecule has 0 radical (unpaired) electrons. The van der Waals surface area contributed by atoms with Crippen molar-refractivity contribution in [3.63, 3.8) is 0 Å². The fraction of sp³-hybridized carbons (Fsp3) is 0. The fourth-order valence-corrected chi connectivity index (χ4v) is 4.04. The van der Waals surface area contributed by atoms with Crippen LogP contribution in [-0.2, 0) is 37.6 Å². The first-order chi connectivity index (χ1) is 13.4. The second-order valence-corrected chi connectivity index (χ2v) is 8.98. The molecule has 15 heteroatoms. The molecule has 0 aliphatic carbocycles. The van der Waals surface area contributed by atoms with Crippen LogP contribution in [0.3, 0.4) is 0 Å². The van der Waals surface area contributed by atoms with Crippen molar-refractivity contribution >= 4 is 54.0 Å². The molecule has 3 aromatic rings. The van der Waals surface area contributed by atoms with Crippen LogP contribution in [0.4, 0.5) is 11.4 Å². The zero-order chi connectivity index (χ0) is 21.6. The first kappa shape index (κ1) is 27.8. The van der Waals surface area contributed by atoms with Crippen molar-refractivity contribution in [2.75, 3.05) is 0 Å². The molecule has 0 saturated carbocycles. The Kier molecular flexibility index (Phi) is 9.09. The monoisotopic (exact) mass is 533 g/mol. The zero-order valence-electron chi connectivity index (χ0n) is 15.5. The van der Waals surface area contributed by atoms with Gasteiger partial charge in [0.2, 0.25) is 0 Å². The first-order valence-corrected chi connectivity index (χ1v) is 10.8. The summed E-state index contributed by atoms with van der Waals surface area (Å²) in [4.78, 5) is -1.72. The molecule has 10 nitrogen and oxygen atoms in total. The summed E-state index contributed by atoms with van der Waals surface area (Å²) in [6, 6.07) is 7.56. The fourth-order valence-electron chi connectivity index (χ4n) is 2.51. The van der Waals surface area contributed by atoms with Crippen LogP contribution in [-0.4, -0.2) is 36.2 Å². The van der Waals surface area contributed by atoms with Crippen LogP contribution in [0.1, 0.15) is 0 Å². The van der Waals surface area contributed by atoms with Gasteiger partial charge in [0.05, 0.1) is 4.90 Å². The summed E-state index contributed by atoms with van der Waals surface area (Å²) in [6.45, 7) is 0. The Hall–Kier alpha value is -1.24. The Balaban J connectivity index is 0.00000240. The topological polar surface area (TPSA) is 174 Å². The average Bonchev–Trinajstić information content (AvgIpc) is 2.61. The molecule has 0 saturated heterocycles. The van der Waals surface area contributed by atoms with Crippen LogP contribution in [0.2, 0.25) is 5.02 Å². The van der Waals surface area contributed by atoms with Crippen LogP contribution in [0.15, 0.2) is 62.5 Å². The molecule has 3 aromatic carbocycles. The Morgan fingerprint density at radius 1 is 0.806 bits per heavy atom. The van der Waals surface area contributed by atoms with Gasteiger partial charge in [-0.3, -0.25) is 9.11 Å². The van der Waals surface area contributed by atoms with E-state index in [0.29, 0.717) is 6.07 Å². The van der Waals surface area contributed by atoms with Crippen molar-refractivity contribution in [2.45, 2.75) is 9.79 Å². The number of benzene rings is 3. The minimum Gasteiger partial charge on any atom is -0.506 e. The number of azo groups is 1. The standard InChI is InChI=1S/C16H11ClN2O8S2.Cr.Na/c17-9-2-4-12(20)11(6-9)18-19-16-13(21)3-1-8-5-10(28(22,23)24)7-14(15(8)16)29(25,26)27;;/h1-7,20-21H,(H,22,23,24)(H,25,26,27);;/q;;+1. The zero-order valence-corrected chi connectivity index (χ0v) is 21.1. The molecule has 158 valence electrons. The van der Waals surface area contributed by atoms with E-state index in [1.165, 1.54) is 18.2 Å². The molecule has 0 aliphatic heterocycles. The number of fused-ring (bicyclic) bond motifs is 1. The van der Waals surface area contributed by atoms with Gasteiger partial charge in [-0.25, -0.2) is 0 Å². The van der Waals surface area contributed by atoms with E-state index in [0.717, 1.165) is 18.2 Å². The van der Waals surface area contributed by atoms with Gasteiger partial charge in [0, 0.05) is 27.8 Å². The average molecular weight is 534 g/mol. The molecule has 3 rings (SSSR count). The van der Waals surface area contributed by atoms with Gasteiger partial charge in [0.1, 0.15) is 27.8 Å². The van der Waals surface area contributed by atoms with Crippen LogP contribution < -0.4 is 29.6 Å². The van der Waals surface area contributed by atoms with Crippen molar-refractivity contribution in [3.8, 4) is 11.5 Å². The third kappa shape index (κ3) is 6.17. The predicted molar refractivity (Wildman–Crippen MR) is 103 cm³/mol. The summed E-state index contributed by atoms with van der Waals surface area (Å²) in [7, 11) is -9.81. The van der Waals surface area contributed by atoms with E-state index >= 15 is 0 Å². The van der Waals surface area contributed by atoms with E-state index in [2.05, 4.69) is 10.2 Å². The van der Waals surface area contributed by atoms with Crippen molar-refractivity contribution in [1.82, 2.24) is 0 Å². The number of rotatable bonds is 4. The molecule has 0 amide bonds. The quantitative estimate of drug-likeness (QED) is 0.216. The largest absolute Gasteiger partial charge is 1.00 e. The number of aromatic hydroxyl groups is 2. The van der Waals surface area contributed by atoms with Gasteiger partial charge >= 0.3 is 29.6 Å². The molecule has 31 heavy (non-hydrogen) atoms. The molecule has 0 fully saturated rings. The van der Waals surface area contributed by atoms with E-state index in [4.69, 9.17) is 11.6 Å². The molecule has 0 bridgehead atoms. The summed E-state index contributed by atoms with van der Waals surface area (Å²) >= 11 is 5.82. The summed E-state index contributed by atoms with van der Waals surface area (Å²) in [6.07, 6.45) is 0. The van der Waals surface area contributed by atoms with E-state index in [1.54, 1.807) is 0 Å². The van der Waals surface area contributed by atoms with Crippen molar-refractivity contribution < 1.29 is 83.1 Å². The van der Waals surface area contributed by atoms with Gasteiger partial charge in [-0.2, -0.15) is 16.8 Å². The van der Waals surface area contributed by atoms with Crippen LogP contribution in [0.25, 0.3) is 10.8 Å². The van der Waals surface area contributed by atoms with Gasteiger partial charge in [-0.05, 0) is 41.8 Å². The van der Waals surface area contributed by atoms with Gasteiger partial charge in [-0.1, -0.05) is 17.7 Å². The Labute approximate surface area is 214 Å². The molecule has 0 aliphatic rings. The molecule has 4 N–H and O–H groups in total. The molecular weight excluding hydrogens is 523 g/mol. The van der Waals surface area contributed by atoms with Crippen LogP contribution >= 0.6 is 11.6 Å². The Bertz CT molecular complexity index is 1400. The summed E-state index contributed by atoms with van der Waals surface area (Å²) in [5.41, 5.74) is -0.534. The van der Waals surface area contributed by atoms with E-state index < -0.39 is 41.5 Å². The third-order valence-electron chi connectivity index (χ3n) is 3.78. The van der Waals surface area contributed by atoms with Crippen LogP contribution in [0.5, 0.6) is 11.5 Å². The minimum absolute atomic E-state index is 0. The number of halogens is 1. The molecular formula is C16H11ClCrN2NaO8S2+. The van der Waals surface area contributed by atoms with Crippen molar-refractivity contribution in [2.24, 2.45) is 10.2 Å². The molecule has 0 unspecified atom stereocenters. The van der Waals surface area contributed by atoms with Gasteiger partial charge in [-0.15, -0.1) is 10.2 Å². The molecule has 0 aromatic heterocycles. The number of hydrogen-bond donors (Lipinski definition) is 4. The van der Waals surface area contributed by atoms with E-state index in [-0.39, 0.29) is 74.2 Å². The number of phenolic OH excluding ortho intramolecular Hbond substituents is 2. The maximum Gasteiger partial charge on any atom is 1.00 e. The van der Waals surface area contributed by atoms with Gasteiger partial charge in [0.25, 0.3) is 20.2 Å². The van der Waals surface area contributed by atoms with Gasteiger partial charge < -0.3 is 10.2 Å². The second kappa shape index (κ2) is 10.1. The number of nitrogens with zero attached hydrogens (tertiary/aromatic N) is 2. The SMILES string of the molecule is O=S(=O)(O)c1cc(S(=O)(=O)O)c2c(N=Nc3cc(Cl)ccc3O)c(O)ccc2c1.[Cr].[Na+]. The first-order valence-electron chi connectivity index (χ1n) is 7.53. The summed E-state index contributed by atoms with van der Waals surface area (Å²) in [5, 5.41) is 27.2. The minimum atomic E-state index is -5.01. The number of hydrogen-bond acceptors (Lipinski definition) is 8. The molecule has 0 spiro atoms. The van der Waals surface area contributed by atoms with Crippen molar-refractivity contribution in [3.05, 3.63) is 47.5 Å². The normalized spacial score (nSPS) is 11.8. The van der Waals surface area contributed by atoms with E-state index in [1.807, 2.05) is 0 Å². The smallest absolute Gasteiger partial charge is 0.506 e.